The Hall–Kier alpha value is -2.51. The van der Waals surface area contributed by atoms with Crippen molar-refractivity contribution >= 4 is 29.5 Å². The minimum Gasteiger partial charge on any atom is -0.480 e. The van der Waals surface area contributed by atoms with Crippen molar-refractivity contribution in [3.05, 3.63) is 35.4 Å². The molecule has 0 aromatic heterocycles. The minimum atomic E-state index is -4.61. The van der Waals surface area contributed by atoms with Gasteiger partial charge in [0.2, 0.25) is 11.8 Å². The first-order chi connectivity index (χ1) is 14.1. The van der Waals surface area contributed by atoms with E-state index in [2.05, 4.69) is 11.2 Å². The largest absolute Gasteiger partial charge is 0.480 e. The summed E-state index contributed by atoms with van der Waals surface area (Å²) in [6.07, 6.45) is 2.42. The number of alkyl halides is 3. The van der Waals surface area contributed by atoms with Crippen LogP contribution in [-0.2, 0) is 20.6 Å². The number of carbonyl (C=O) groups is 3. The van der Waals surface area contributed by atoms with Gasteiger partial charge in [-0.15, -0.1) is 6.42 Å². The van der Waals surface area contributed by atoms with Crippen LogP contribution in [0.4, 0.5) is 13.2 Å². The van der Waals surface area contributed by atoms with Crippen LogP contribution in [-0.4, -0.2) is 51.9 Å². The number of halogens is 3. The topological polar surface area (TPSA) is 86.7 Å². The van der Waals surface area contributed by atoms with Crippen LogP contribution in [0.1, 0.15) is 23.6 Å². The third-order valence-electron chi connectivity index (χ3n) is 5.65. The average Bonchev–Trinajstić information content (AvgIpc) is 3.16. The fourth-order valence-corrected chi connectivity index (χ4v) is 4.83. The number of amides is 2. The molecule has 0 spiro atoms. The van der Waals surface area contributed by atoms with Gasteiger partial charge in [0.1, 0.15) is 5.54 Å². The maximum atomic E-state index is 13.2. The first kappa shape index (κ1) is 22.2. The third kappa shape index (κ3) is 3.46. The predicted octanol–water partition coefficient (Wildman–Crippen LogP) is 2.16. The molecule has 2 N–H and O–H groups in total. The van der Waals surface area contributed by atoms with Crippen LogP contribution in [0.2, 0.25) is 0 Å². The molecule has 30 heavy (non-hydrogen) atoms. The lowest BCUT2D eigenvalue weighted by atomic mass is 9.78. The van der Waals surface area contributed by atoms with Crippen LogP contribution >= 0.6 is 11.8 Å². The van der Waals surface area contributed by atoms with E-state index in [9.17, 15) is 32.7 Å². The smallest absolute Gasteiger partial charge is 0.416 e. The van der Waals surface area contributed by atoms with Crippen molar-refractivity contribution in [3.63, 3.8) is 0 Å². The second-order valence-corrected chi connectivity index (χ2v) is 8.22. The van der Waals surface area contributed by atoms with Crippen LogP contribution in [0.3, 0.4) is 0 Å². The Morgan fingerprint density at radius 3 is 2.63 bits per heavy atom. The normalized spacial score (nSPS) is 28.5. The van der Waals surface area contributed by atoms with E-state index >= 15 is 0 Å². The number of benzene rings is 1. The molecule has 2 aliphatic rings. The zero-order valence-corrected chi connectivity index (χ0v) is 16.7. The molecule has 3 rings (SSSR count). The van der Waals surface area contributed by atoms with Crippen LogP contribution in [0.25, 0.3) is 0 Å². The second kappa shape index (κ2) is 7.96. The molecular weight excluding hydrogens is 421 g/mol. The highest BCUT2D eigenvalue weighted by Gasteiger charge is 2.68. The van der Waals surface area contributed by atoms with Crippen molar-refractivity contribution in [1.82, 2.24) is 10.2 Å². The Morgan fingerprint density at radius 1 is 1.37 bits per heavy atom. The molecule has 160 valence electrons. The Balaban J connectivity index is 2.14. The number of imide groups is 1. The van der Waals surface area contributed by atoms with E-state index in [1.165, 1.54) is 23.9 Å². The molecule has 1 aromatic rings. The number of nitrogens with zero attached hydrogens (tertiary/aromatic N) is 1. The molecule has 4 atom stereocenters. The summed E-state index contributed by atoms with van der Waals surface area (Å²) in [6.45, 7) is -0.321. The van der Waals surface area contributed by atoms with Crippen LogP contribution in [0.5, 0.6) is 0 Å². The molecule has 4 unspecified atom stereocenters. The third-order valence-corrected chi connectivity index (χ3v) is 6.26. The number of thioether (sulfide) groups is 1. The number of hydrogen-bond donors (Lipinski definition) is 2. The number of carboxylic acids is 1. The van der Waals surface area contributed by atoms with Gasteiger partial charge < -0.3 is 5.11 Å². The van der Waals surface area contributed by atoms with Gasteiger partial charge in [-0.1, -0.05) is 18.1 Å². The summed E-state index contributed by atoms with van der Waals surface area (Å²) in [5, 5.41) is 12.9. The average molecular weight is 440 g/mol. The van der Waals surface area contributed by atoms with Gasteiger partial charge in [-0.3, -0.25) is 24.6 Å². The maximum Gasteiger partial charge on any atom is 0.416 e. The summed E-state index contributed by atoms with van der Waals surface area (Å²) in [4.78, 5) is 39.1. The number of carbonyl (C=O) groups excluding carboxylic acids is 2. The van der Waals surface area contributed by atoms with Crippen molar-refractivity contribution < 1.29 is 32.7 Å². The molecule has 0 bridgehead atoms. The van der Waals surface area contributed by atoms with Gasteiger partial charge in [-0.05, 0) is 36.1 Å². The minimum absolute atomic E-state index is 0.0169. The first-order valence-electron chi connectivity index (χ1n) is 9.04. The van der Waals surface area contributed by atoms with Gasteiger partial charge in [-0.25, -0.2) is 0 Å². The van der Waals surface area contributed by atoms with Gasteiger partial charge in [0, 0.05) is 6.04 Å². The Labute approximate surface area is 175 Å². The fourth-order valence-electron chi connectivity index (χ4n) is 4.30. The van der Waals surface area contributed by atoms with Crippen molar-refractivity contribution in [2.75, 3.05) is 18.6 Å². The number of carboxylic acid groups (broad SMARTS) is 1. The summed E-state index contributed by atoms with van der Waals surface area (Å²) in [6, 6.07) is 3.27. The summed E-state index contributed by atoms with van der Waals surface area (Å²) >= 11 is 1.36. The van der Waals surface area contributed by atoms with E-state index < -0.39 is 52.9 Å². The van der Waals surface area contributed by atoms with Gasteiger partial charge in [0.25, 0.3) is 0 Å². The first-order valence-corrected chi connectivity index (χ1v) is 10.4. The highest BCUT2D eigenvalue weighted by Crippen LogP contribution is 2.50. The number of rotatable bonds is 6. The van der Waals surface area contributed by atoms with Gasteiger partial charge in [0.05, 0.1) is 23.9 Å². The number of aliphatic carboxylic acids is 1. The summed E-state index contributed by atoms with van der Waals surface area (Å²) in [5.41, 5.74) is -2.62. The number of fused-ring (bicyclic) bond motifs is 1. The lowest BCUT2D eigenvalue weighted by Gasteiger charge is -2.30. The summed E-state index contributed by atoms with van der Waals surface area (Å²) < 4.78 is 39.6. The van der Waals surface area contributed by atoms with Crippen LogP contribution in [0.15, 0.2) is 24.3 Å². The molecule has 0 radical (unpaired) electrons. The zero-order chi connectivity index (χ0) is 22.3. The van der Waals surface area contributed by atoms with E-state index in [1.54, 1.807) is 6.26 Å². The highest BCUT2D eigenvalue weighted by atomic mass is 32.2. The quantitative estimate of drug-likeness (QED) is 0.521. The molecule has 2 aliphatic heterocycles. The van der Waals surface area contributed by atoms with Gasteiger partial charge >= 0.3 is 12.1 Å². The monoisotopic (exact) mass is 440 g/mol. The molecule has 10 heteroatoms. The van der Waals surface area contributed by atoms with Crippen LogP contribution < -0.4 is 5.32 Å². The van der Waals surface area contributed by atoms with Crippen molar-refractivity contribution in [3.8, 4) is 12.3 Å². The Morgan fingerprint density at radius 2 is 2.07 bits per heavy atom. The molecule has 0 saturated carbocycles. The molecule has 1 aromatic carbocycles. The molecule has 6 nitrogen and oxygen atoms in total. The summed E-state index contributed by atoms with van der Waals surface area (Å²) in [7, 11) is 0. The SMILES string of the molecule is C#CCN1C(=O)C2C(c3cccc(C(F)(F)F)c3)NC(CCSC)(C(=O)O)C2C1=O. The van der Waals surface area contributed by atoms with Crippen LogP contribution in [0, 0.1) is 24.2 Å². The molecule has 2 saturated heterocycles. The highest BCUT2D eigenvalue weighted by molar-refractivity contribution is 7.98. The van der Waals surface area contributed by atoms with E-state index in [0.29, 0.717) is 5.75 Å². The maximum absolute atomic E-state index is 13.2. The van der Waals surface area contributed by atoms with Crippen molar-refractivity contribution in [2.45, 2.75) is 24.2 Å². The van der Waals surface area contributed by atoms with E-state index in [-0.39, 0.29) is 18.5 Å². The molecule has 2 heterocycles. The molecular formula is C20H19F3N2O4S. The van der Waals surface area contributed by atoms with E-state index in [1.807, 2.05) is 0 Å². The van der Waals surface area contributed by atoms with E-state index in [4.69, 9.17) is 6.42 Å². The molecule has 0 aliphatic carbocycles. The van der Waals surface area contributed by atoms with Crippen molar-refractivity contribution in [1.29, 1.82) is 0 Å². The predicted molar refractivity (Wildman–Crippen MR) is 103 cm³/mol. The lowest BCUT2D eigenvalue weighted by Crippen LogP contribution is -2.56. The fraction of sp³-hybridized carbons (Fsp3) is 0.450. The summed E-state index contributed by atoms with van der Waals surface area (Å²) in [5.74, 6) is -2.56. The number of terminal acetylenes is 1. The second-order valence-electron chi connectivity index (χ2n) is 7.23. The number of hydrogen-bond acceptors (Lipinski definition) is 5. The lowest BCUT2D eigenvalue weighted by molar-refractivity contribution is -0.151. The van der Waals surface area contributed by atoms with Crippen molar-refractivity contribution in [2.24, 2.45) is 11.8 Å². The Bertz CT molecular complexity index is 929. The van der Waals surface area contributed by atoms with E-state index in [0.717, 1.165) is 17.0 Å². The van der Waals surface area contributed by atoms with Gasteiger partial charge in [0.15, 0.2) is 0 Å². The standard InChI is InChI=1S/C20H19F3N2O4S/c1-3-8-25-16(26)13-14(17(25)27)19(18(28)29,7-9-30-2)24-15(13)11-5-4-6-12(10-11)20(21,22)23/h1,4-6,10,13-15,24H,7-9H2,2H3,(H,28,29). The van der Waals surface area contributed by atoms with Gasteiger partial charge in [-0.2, -0.15) is 24.9 Å². The Kier molecular flexibility index (Phi) is 5.89. The number of likely N-dealkylation sites (tertiary alicyclic amines) is 1. The zero-order valence-electron chi connectivity index (χ0n) is 15.9. The molecule has 2 fully saturated rings. The number of nitrogens with one attached hydrogen (secondary N) is 1. The molecule has 2 amide bonds.